The molecule has 0 spiro atoms. The summed E-state index contributed by atoms with van der Waals surface area (Å²) in [5.74, 6) is -0.258. The maximum atomic E-state index is 13.2. The van der Waals surface area contributed by atoms with Gasteiger partial charge < -0.3 is 10.2 Å². The summed E-state index contributed by atoms with van der Waals surface area (Å²) < 4.78 is 13.2. The van der Waals surface area contributed by atoms with Crippen molar-refractivity contribution in [3.63, 3.8) is 0 Å². The molecule has 2 amide bonds. The van der Waals surface area contributed by atoms with Crippen LogP contribution in [0.25, 0.3) is 11.1 Å². The van der Waals surface area contributed by atoms with E-state index in [-0.39, 0.29) is 17.9 Å². The molecule has 1 atom stereocenters. The minimum atomic E-state index is -0.258. The molecule has 3 aromatic rings. The molecule has 3 aromatic carbocycles. The van der Waals surface area contributed by atoms with Gasteiger partial charge in [-0.1, -0.05) is 54.6 Å². The largest absolute Gasteiger partial charge is 0.322 e. The molecule has 4 heteroatoms. The lowest BCUT2D eigenvalue weighted by molar-refractivity contribution is 0.207. The number of nitrogens with one attached hydrogen (secondary N) is 1. The summed E-state index contributed by atoms with van der Waals surface area (Å²) in [6.07, 6.45) is 1.84. The second kappa shape index (κ2) is 7.62. The molecule has 0 radical (unpaired) electrons. The number of anilines is 1. The Morgan fingerprint density at radius 3 is 2.26 bits per heavy atom. The predicted octanol–water partition coefficient (Wildman–Crippen LogP) is 5.86. The molecule has 1 saturated heterocycles. The van der Waals surface area contributed by atoms with Gasteiger partial charge in [0.1, 0.15) is 5.82 Å². The molecule has 4 rings (SSSR count). The first-order valence-electron chi connectivity index (χ1n) is 9.19. The van der Waals surface area contributed by atoms with Crippen molar-refractivity contribution in [1.29, 1.82) is 0 Å². The van der Waals surface area contributed by atoms with Gasteiger partial charge in [0.2, 0.25) is 0 Å². The molecular weight excluding hydrogens is 339 g/mol. The van der Waals surface area contributed by atoms with E-state index in [1.165, 1.54) is 12.1 Å². The number of halogens is 1. The summed E-state index contributed by atoms with van der Waals surface area (Å²) >= 11 is 0. The van der Waals surface area contributed by atoms with Gasteiger partial charge in [0.05, 0.1) is 6.04 Å². The van der Waals surface area contributed by atoms with Crippen molar-refractivity contribution in [3.05, 3.63) is 90.2 Å². The number of urea groups is 1. The molecule has 1 heterocycles. The van der Waals surface area contributed by atoms with Crippen LogP contribution in [-0.2, 0) is 0 Å². The van der Waals surface area contributed by atoms with Crippen LogP contribution in [0, 0.1) is 5.82 Å². The summed E-state index contributed by atoms with van der Waals surface area (Å²) in [6.45, 7) is 0.704. The first-order chi connectivity index (χ1) is 13.2. The third-order valence-electron chi connectivity index (χ3n) is 5.01. The van der Waals surface area contributed by atoms with E-state index in [1.54, 1.807) is 12.1 Å². The van der Waals surface area contributed by atoms with Gasteiger partial charge >= 0.3 is 6.03 Å². The molecule has 1 fully saturated rings. The van der Waals surface area contributed by atoms with Crippen LogP contribution < -0.4 is 5.32 Å². The van der Waals surface area contributed by atoms with Crippen molar-refractivity contribution in [1.82, 2.24) is 4.90 Å². The fourth-order valence-corrected chi connectivity index (χ4v) is 3.61. The number of nitrogens with zero attached hydrogens (tertiary/aromatic N) is 1. The number of rotatable bonds is 3. The van der Waals surface area contributed by atoms with Gasteiger partial charge in [0.25, 0.3) is 0 Å². The van der Waals surface area contributed by atoms with Crippen LogP contribution in [-0.4, -0.2) is 17.5 Å². The summed E-state index contributed by atoms with van der Waals surface area (Å²) in [6, 6.07) is 24.3. The van der Waals surface area contributed by atoms with Crippen LogP contribution in [0.3, 0.4) is 0 Å². The number of carbonyl (C=O) groups excluding carboxylic acids is 1. The van der Waals surface area contributed by atoms with E-state index in [2.05, 4.69) is 17.4 Å². The minimum Gasteiger partial charge on any atom is -0.317 e. The molecular formula is C23H21FN2O. The molecule has 0 aromatic heterocycles. The summed E-state index contributed by atoms with van der Waals surface area (Å²) in [5, 5.41) is 2.99. The van der Waals surface area contributed by atoms with E-state index in [0.717, 1.165) is 35.2 Å². The average Bonchev–Trinajstić information content (AvgIpc) is 3.20. The van der Waals surface area contributed by atoms with Crippen molar-refractivity contribution in [2.75, 3.05) is 11.9 Å². The molecule has 1 N–H and O–H groups in total. The Hall–Kier alpha value is -3.14. The van der Waals surface area contributed by atoms with E-state index >= 15 is 0 Å². The summed E-state index contributed by atoms with van der Waals surface area (Å²) in [7, 11) is 0. The van der Waals surface area contributed by atoms with Gasteiger partial charge in [-0.2, -0.15) is 0 Å². The van der Waals surface area contributed by atoms with Gasteiger partial charge in [0, 0.05) is 12.2 Å². The number of hydrogen-bond donors (Lipinski definition) is 1. The summed E-state index contributed by atoms with van der Waals surface area (Å²) in [4.78, 5) is 14.6. The lowest BCUT2D eigenvalue weighted by Gasteiger charge is -2.25. The minimum absolute atomic E-state index is 0.00538. The molecule has 0 bridgehead atoms. The smallest absolute Gasteiger partial charge is 0.317 e. The highest BCUT2D eigenvalue weighted by atomic mass is 19.1. The Labute approximate surface area is 158 Å². The van der Waals surface area contributed by atoms with Crippen LogP contribution in [0.5, 0.6) is 0 Å². The topological polar surface area (TPSA) is 32.3 Å². The average molecular weight is 360 g/mol. The third kappa shape index (κ3) is 3.85. The van der Waals surface area contributed by atoms with Crippen LogP contribution in [0.1, 0.15) is 24.4 Å². The number of hydrogen-bond acceptors (Lipinski definition) is 1. The zero-order chi connectivity index (χ0) is 18.6. The monoisotopic (exact) mass is 360 g/mol. The number of amides is 2. The normalized spacial score (nSPS) is 16.3. The van der Waals surface area contributed by atoms with Gasteiger partial charge in [-0.05, 0) is 53.8 Å². The van der Waals surface area contributed by atoms with Crippen molar-refractivity contribution in [2.45, 2.75) is 18.9 Å². The Balaban J connectivity index is 1.46. The lowest BCUT2D eigenvalue weighted by atomic mass is 10.0. The number of likely N-dealkylation sites (tertiary alicyclic amines) is 1. The second-order valence-corrected chi connectivity index (χ2v) is 6.78. The van der Waals surface area contributed by atoms with Crippen LogP contribution in [0.2, 0.25) is 0 Å². The van der Waals surface area contributed by atoms with Gasteiger partial charge in [-0.15, -0.1) is 0 Å². The third-order valence-corrected chi connectivity index (χ3v) is 5.01. The Morgan fingerprint density at radius 1 is 0.889 bits per heavy atom. The molecule has 1 aliphatic rings. The van der Waals surface area contributed by atoms with Gasteiger partial charge in [-0.3, -0.25) is 0 Å². The molecule has 27 heavy (non-hydrogen) atoms. The van der Waals surface area contributed by atoms with Crippen LogP contribution >= 0.6 is 0 Å². The van der Waals surface area contributed by atoms with Crippen molar-refractivity contribution < 1.29 is 9.18 Å². The molecule has 0 saturated carbocycles. The van der Waals surface area contributed by atoms with Crippen molar-refractivity contribution in [2.24, 2.45) is 0 Å². The quantitative estimate of drug-likeness (QED) is 0.623. The molecule has 1 aliphatic heterocycles. The van der Waals surface area contributed by atoms with E-state index in [9.17, 15) is 9.18 Å². The highest BCUT2D eigenvalue weighted by Crippen LogP contribution is 2.32. The van der Waals surface area contributed by atoms with Gasteiger partial charge in [-0.25, -0.2) is 9.18 Å². The first-order valence-corrected chi connectivity index (χ1v) is 9.19. The second-order valence-electron chi connectivity index (χ2n) is 6.78. The Morgan fingerprint density at radius 2 is 1.56 bits per heavy atom. The fourth-order valence-electron chi connectivity index (χ4n) is 3.61. The SMILES string of the molecule is O=C(Nc1ccc(-c2ccccc2)cc1)N1CCCC1c1ccc(F)cc1. The molecule has 1 unspecified atom stereocenters. The number of carbonyl (C=O) groups is 1. The lowest BCUT2D eigenvalue weighted by Crippen LogP contribution is -2.34. The fraction of sp³-hybridized carbons (Fsp3) is 0.174. The zero-order valence-corrected chi connectivity index (χ0v) is 14.9. The molecule has 136 valence electrons. The Bertz CT molecular complexity index is 907. The van der Waals surface area contributed by atoms with Gasteiger partial charge in [0.15, 0.2) is 0 Å². The van der Waals surface area contributed by atoms with E-state index in [4.69, 9.17) is 0 Å². The maximum Gasteiger partial charge on any atom is 0.322 e. The number of benzene rings is 3. The first kappa shape index (κ1) is 17.3. The van der Waals surface area contributed by atoms with Crippen LogP contribution in [0.15, 0.2) is 78.9 Å². The van der Waals surface area contributed by atoms with Crippen LogP contribution in [0.4, 0.5) is 14.9 Å². The highest BCUT2D eigenvalue weighted by Gasteiger charge is 2.30. The zero-order valence-electron chi connectivity index (χ0n) is 14.9. The Kier molecular flexibility index (Phi) is 4.88. The highest BCUT2D eigenvalue weighted by molar-refractivity contribution is 5.90. The molecule has 3 nitrogen and oxygen atoms in total. The molecule has 0 aliphatic carbocycles. The maximum absolute atomic E-state index is 13.2. The van der Waals surface area contributed by atoms with Crippen molar-refractivity contribution in [3.8, 4) is 11.1 Å². The van der Waals surface area contributed by atoms with E-state index in [0.29, 0.717) is 6.54 Å². The summed E-state index contributed by atoms with van der Waals surface area (Å²) in [5.41, 5.74) is 4.00. The van der Waals surface area contributed by atoms with E-state index in [1.807, 2.05) is 47.4 Å². The predicted molar refractivity (Wildman–Crippen MR) is 106 cm³/mol. The van der Waals surface area contributed by atoms with E-state index < -0.39 is 0 Å². The van der Waals surface area contributed by atoms with Crippen molar-refractivity contribution >= 4 is 11.7 Å². The standard InChI is InChI=1S/C23H21FN2O/c24-20-12-8-19(9-13-20)22-7-4-16-26(22)23(27)25-21-14-10-18(11-15-21)17-5-2-1-3-6-17/h1-3,5-6,8-15,22H,4,7,16H2,(H,25,27).